The second kappa shape index (κ2) is 6.09. The van der Waals surface area contributed by atoms with E-state index in [0.717, 1.165) is 32.9 Å². The first-order valence-electron chi connectivity index (χ1n) is 9.08. The van der Waals surface area contributed by atoms with E-state index in [2.05, 4.69) is 69.1 Å². The molecule has 0 unspecified atom stereocenters. The van der Waals surface area contributed by atoms with Crippen LogP contribution in [0, 0.1) is 0 Å². The molecule has 0 aliphatic rings. The number of benzene rings is 3. The molecule has 2 heterocycles. The molecule has 0 bridgehead atoms. The van der Waals surface area contributed by atoms with Gasteiger partial charge < -0.3 is 16.0 Å². The molecule has 0 amide bonds. The number of nitrogens with two attached hydrogens (primary N) is 2. The average Bonchev–Trinajstić information content (AvgIpc) is 3.09. The topological polar surface area (TPSA) is 82.8 Å². The zero-order chi connectivity index (χ0) is 19.3. The zero-order valence-corrected chi connectivity index (χ0v) is 15.4. The van der Waals surface area contributed by atoms with Crippen molar-refractivity contribution >= 4 is 33.6 Å². The van der Waals surface area contributed by atoms with Crippen LogP contribution in [-0.2, 0) is 7.05 Å². The number of aryl methyl sites for hydroxylation is 1. The van der Waals surface area contributed by atoms with Crippen LogP contribution in [0.3, 0.4) is 0 Å². The van der Waals surface area contributed by atoms with Gasteiger partial charge in [-0.05, 0) is 28.8 Å². The predicted molar refractivity (Wildman–Crippen MR) is 116 cm³/mol. The predicted octanol–water partition coefficient (Wildman–Crippen LogP) is 4.62. The third-order valence-corrected chi connectivity index (χ3v) is 5.16. The number of aromatic nitrogens is 3. The number of anilines is 2. The zero-order valence-electron chi connectivity index (χ0n) is 15.4. The van der Waals surface area contributed by atoms with E-state index in [1.54, 1.807) is 0 Å². The molecule has 5 aromatic rings. The van der Waals surface area contributed by atoms with Gasteiger partial charge in [0.1, 0.15) is 5.82 Å². The fraction of sp³-hybridized carbons (Fsp3) is 0.0435. The van der Waals surface area contributed by atoms with E-state index in [-0.39, 0.29) is 5.95 Å². The van der Waals surface area contributed by atoms with E-state index >= 15 is 0 Å². The first-order chi connectivity index (χ1) is 13.6. The first-order valence-corrected chi connectivity index (χ1v) is 9.08. The van der Waals surface area contributed by atoms with Crippen molar-refractivity contribution in [2.24, 2.45) is 7.05 Å². The minimum absolute atomic E-state index is 0.186. The van der Waals surface area contributed by atoms with Gasteiger partial charge in [-0.3, -0.25) is 0 Å². The highest BCUT2D eigenvalue weighted by atomic mass is 15.0. The fourth-order valence-electron chi connectivity index (χ4n) is 3.86. The van der Waals surface area contributed by atoms with Crippen molar-refractivity contribution < 1.29 is 0 Å². The number of rotatable bonds is 2. The average molecular weight is 365 g/mol. The molecule has 0 saturated heterocycles. The van der Waals surface area contributed by atoms with Crippen LogP contribution in [0.5, 0.6) is 0 Å². The molecule has 3 aromatic carbocycles. The van der Waals surface area contributed by atoms with Crippen molar-refractivity contribution in [3.63, 3.8) is 0 Å². The summed E-state index contributed by atoms with van der Waals surface area (Å²) in [6.07, 6.45) is 2.03. The molecule has 0 radical (unpaired) electrons. The van der Waals surface area contributed by atoms with Gasteiger partial charge in [-0.25, -0.2) is 4.98 Å². The van der Waals surface area contributed by atoms with Crippen LogP contribution < -0.4 is 11.5 Å². The Morgan fingerprint density at radius 1 is 0.786 bits per heavy atom. The first kappa shape index (κ1) is 16.3. The summed E-state index contributed by atoms with van der Waals surface area (Å²) in [5.74, 6) is 0.593. The van der Waals surface area contributed by atoms with E-state index in [4.69, 9.17) is 11.5 Å². The molecule has 0 fully saturated rings. The Kier molecular flexibility index (Phi) is 3.55. The number of fused-ring (bicyclic) bond motifs is 3. The van der Waals surface area contributed by atoms with Crippen LogP contribution in [0.1, 0.15) is 0 Å². The molecule has 5 heteroatoms. The highest BCUT2D eigenvalue weighted by Gasteiger charge is 2.15. The summed E-state index contributed by atoms with van der Waals surface area (Å²) in [5.41, 5.74) is 18.4. The van der Waals surface area contributed by atoms with Crippen molar-refractivity contribution in [2.45, 2.75) is 0 Å². The van der Waals surface area contributed by atoms with Gasteiger partial charge in [0.2, 0.25) is 5.95 Å². The molecule has 2 aromatic heterocycles. The van der Waals surface area contributed by atoms with Crippen LogP contribution in [0.2, 0.25) is 0 Å². The molecule has 0 saturated carbocycles. The Balaban J connectivity index is 1.75. The lowest BCUT2D eigenvalue weighted by Gasteiger charge is -2.12. The monoisotopic (exact) mass is 365 g/mol. The summed E-state index contributed by atoms with van der Waals surface area (Å²) < 4.78 is 2.10. The molecule has 28 heavy (non-hydrogen) atoms. The molecule has 136 valence electrons. The van der Waals surface area contributed by atoms with Crippen molar-refractivity contribution in [1.82, 2.24) is 14.5 Å². The number of hydrogen-bond donors (Lipinski definition) is 2. The summed E-state index contributed by atoms with van der Waals surface area (Å²) in [6, 6.07) is 23.0. The molecule has 0 aliphatic heterocycles. The summed E-state index contributed by atoms with van der Waals surface area (Å²) in [4.78, 5) is 8.57. The Bertz CT molecular complexity index is 1320. The SMILES string of the molecule is Cn1ccc2c3c(N)nc(N)nc3cc(-c3ccc(-c4ccccc4)cc3)c21. The van der Waals surface area contributed by atoms with Crippen molar-refractivity contribution in [3.05, 3.63) is 72.9 Å². The minimum Gasteiger partial charge on any atom is -0.383 e. The van der Waals surface area contributed by atoms with Crippen molar-refractivity contribution in [1.29, 1.82) is 0 Å². The van der Waals surface area contributed by atoms with E-state index < -0.39 is 0 Å². The fourth-order valence-corrected chi connectivity index (χ4v) is 3.86. The summed E-state index contributed by atoms with van der Waals surface area (Å²) >= 11 is 0. The number of nitrogen functional groups attached to an aromatic ring is 2. The molecular weight excluding hydrogens is 346 g/mol. The Morgan fingerprint density at radius 2 is 1.46 bits per heavy atom. The lowest BCUT2D eigenvalue weighted by atomic mass is 9.97. The van der Waals surface area contributed by atoms with Crippen LogP contribution in [0.25, 0.3) is 44.1 Å². The van der Waals surface area contributed by atoms with Crippen molar-refractivity contribution in [2.75, 3.05) is 11.5 Å². The highest BCUT2D eigenvalue weighted by Crippen LogP contribution is 2.37. The molecule has 5 rings (SSSR count). The molecule has 0 aliphatic carbocycles. The van der Waals surface area contributed by atoms with E-state index in [1.165, 1.54) is 11.1 Å². The van der Waals surface area contributed by atoms with Crippen LogP contribution >= 0.6 is 0 Å². The van der Waals surface area contributed by atoms with Crippen LogP contribution in [-0.4, -0.2) is 14.5 Å². The van der Waals surface area contributed by atoms with E-state index in [0.29, 0.717) is 5.82 Å². The van der Waals surface area contributed by atoms with Gasteiger partial charge in [-0.2, -0.15) is 4.98 Å². The number of nitrogens with zero attached hydrogens (tertiary/aromatic N) is 3. The van der Waals surface area contributed by atoms with Gasteiger partial charge in [0.05, 0.1) is 16.4 Å². The van der Waals surface area contributed by atoms with Crippen molar-refractivity contribution in [3.8, 4) is 22.3 Å². The van der Waals surface area contributed by atoms with Gasteiger partial charge >= 0.3 is 0 Å². The van der Waals surface area contributed by atoms with Crippen LogP contribution in [0.4, 0.5) is 11.8 Å². The van der Waals surface area contributed by atoms with Crippen LogP contribution in [0.15, 0.2) is 72.9 Å². The highest BCUT2D eigenvalue weighted by molar-refractivity contribution is 6.15. The van der Waals surface area contributed by atoms with Gasteiger partial charge in [-0.15, -0.1) is 0 Å². The molecule has 5 nitrogen and oxygen atoms in total. The molecule has 0 atom stereocenters. The number of hydrogen-bond acceptors (Lipinski definition) is 4. The lowest BCUT2D eigenvalue weighted by Crippen LogP contribution is -2.01. The Morgan fingerprint density at radius 3 is 2.21 bits per heavy atom. The summed E-state index contributed by atoms with van der Waals surface area (Å²) in [5, 5.41) is 1.87. The Hall–Kier alpha value is -3.86. The lowest BCUT2D eigenvalue weighted by molar-refractivity contribution is 0.970. The third kappa shape index (κ3) is 2.48. The van der Waals surface area contributed by atoms with Gasteiger partial charge in [0, 0.05) is 24.2 Å². The molecule has 4 N–H and O–H groups in total. The van der Waals surface area contributed by atoms with Gasteiger partial charge in [0.25, 0.3) is 0 Å². The molecular formula is C23H19N5. The standard InChI is InChI=1S/C23H19N5/c1-28-12-11-17-20-19(26-23(25)27-22(20)24)13-18(21(17)28)16-9-7-15(8-10-16)14-5-3-2-4-6-14/h2-13H,1H3,(H4,24,25,26,27). The summed E-state index contributed by atoms with van der Waals surface area (Å²) in [6.45, 7) is 0. The minimum atomic E-state index is 0.186. The smallest absolute Gasteiger partial charge is 0.222 e. The second-order valence-electron chi connectivity index (χ2n) is 6.92. The maximum Gasteiger partial charge on any atom is 0.222 e. The normalized spacial score (nSPS) is 11.3. The van der Waals surface area contributed by atoms with Gasteiger partial charge in [-0.1, -0.05) is 54.6 Å². The quantitative estimate of drug-likeness (QED) is 0.478. The van der Waals surface area contributed by atoms with E-state index in [9.17, 15) is 0 Å². The largest absolute Gasteiger partial charge is 0.383 e. The maximum absolute atomic E-state index is 6.17. The maximum atomic E-state index is 6.17. The molecule has 0 spiro atoms. The van der Waals surface area contributed by atoms with Gasteiger partial charge in [0.15, 0.2) is 0 Å². The third-order valence-electron chi connectivity index (χ3n) is 5.16. The van der Waals surface area contributed by atoms with E-state index in [1.807, 2.05) is 25.4 Å². The summed E-state index contributed by atoms with van der Waals surface area (Å²) in [7, 11) is 2.03. The Labute approximate surface area is 162 Å². The second-order valence-corrected chi connectivity index (χ2v) is 6.92.